The minimum Gasteiger partial charge on any atom is -0.479 e. The molecule has 0 heterocycles. The summed E-state index contributed by atoms with van der Waals surface area (Å²) in [4.78, 5) is 22.3. The van der Waals surface area contributed by atoms with Gasteiger partial charge < -0.3 is 21.3 Å². The van der Waals surface area contributed by atoms with Gasteiger partial charge in [0.2, 0.25) is 5.91 Å². The van der Waals surface area contributed by atoms with Crippen molar-refractivity contribution in [3.63, 3.8) is 0 Å². The summed E-state index contributed by atoms with van der Waals surface area (Å²) in [7, 11) is 0. The molecule has 0 fully saturated rings. The summed E-state index contributed by atoms with van der Waals surface area (Å²) in [5.74, 6) is -1.94. The molecule has 18 heavy (non-hydrogen) atoms. The van der Waals surface area contributed by atoms with E-state index in [0.717, 1.165) is 0 Å². The number of aliphatic hydroxyl groups excluding tert-OH is 1. The number of hydrogen-bond donors (Lipinski definition) is 4. The lowest BCUT2D eigenvalue weighted by atomic mass is 9.92. The molecule has 0 aromatic heterocycles. The normalized spacial score (nSPS) is 15.5. The van der Waals surface area contributed by atoms with Gasteiger partial charge in [0.1, 0.15) is 5.54 Å². The zero-order valence-corrected chi connectivity index (χ0v) is 9.96. The van der Waals surface area contributed by atoms with Crippen LogP contribution in [0.25, 0.3) is 0 Å². The minimum absolute atomic E-state index is 0.381. The van der Waals surface area contributed by atoms with Gasteiger partial charge in [-0.1, -0.05) is 30.3 Å². The largest absolute Gasteiger partial charge is 0.479 e. The summed E-state index contributed by atoms with van der Waals surface area (Å²) in [5.41, 5.74) is 5.23. The number of benzene rings is 1. The Morgan fingerprint density at radius 1 is 1.39 bits per heavy atom. The number of aliphatic hydroxyl groups is 1. The number of rotatable bonds is 5. The molecule has 0 aliphatic heterocycles. The molecular formula is C12H16N2O4. The number of carboxylic acid groups (broad SMARTS) is 1. The average Bonchev–Trinajstić information content (AvgIpc) is 2.36. The molecule has 1 aromatic carbocycles. The molecule has 6 heteroatoms. The van der Waals surface area contributed by atoms with Crippen molar-refractivity contribution >= 4 is 11.9 Å². The highest BCUT2D eigenvalue weighted by Crippen LogP contribution is 2.17. The maximum absolute atomic E-state index is 11.9. The van der Waals surface area contributed by atoms with Crippen LogP contribution in [0.15, 0.2) is 30.3 Å². The van der Waals surface area contributed by atoms with Gasteiger partial charge >= 0.3 is 5.97 Å². The van der Waals surface area contributed by atoms with Crippen molar-refractivity contribution in [2.75, 3.05) is 6.54 Å². The topological polar surface area (TPSA) is 113 Å². The van der Waals surface area contributed by atoms with Crippen LogP contribution in [0.4, 0.5) is 0 Å². The van der Waals surface area contributed by atoms with Crippen molar-refractivity contribution in [1.29, 1.82) is 0 Å². The van der Waals surface area contributed by atoms with E-state index in [0.29, 0.717) is 5.56 Å². The van der Waals surface area contributed by atoms with E-state index < -0.39 is 23.5 Å². The number of carbonyl (C=O) groups is 2. The number of nitrogens with two attached hydrogens (primary N) is 1. The molecule has 2 unspecified atom stereocenters. The van der Waals surface area contributed by atoms with E-state index in [4.69, 9.17) is 15.9 Å². The van der Waals surface area contributed by atoms with Crippen LogP contribution in [0.3, 0.4) is 0 Å². The lowest BCUT2D eigenvalue weighted by Gasteiger charge is -2.24. The summed E-state index contributed by atoms with van der Waals surface area (Å²) in [6, 6.07) is 8.70. The van der Waals surface area contributed by atoms with Crippen LogP contribution in [0.5, 0.6) is 0 Å². The van der Waals surface area contributed by atoms with E-state index >= 15 is 0 Å². The number of hydrogen-bond acceptors (Lipinski definition) is 4. The van der Waals surface area contributed by atoms with E-state index in [9.17, 15) is 9.59 Å². The molecule has 1 aromatic rings. The first-order valence-corrected chi connectivity index (χ1v) is 5.39. The Morgan fingerprint density at radius 2 is 1.94 bits per heavy atom. The van der Waals surface area contributed by atoms with Crippen LogP contribution < -0.4 is 11.1 Å². The van der Waals surface area contributed by atoms with Gasteiger partial charge in [-0.2, -0.15) is 0 Å². The van der Waals surface area contributed by atoms with Crippen molar-refractivity contribution in [2.24, 2.45) is 5.73 Å². The summed E-state index contributed by atoms with van der Waals surface area (Å²) >= 11 is 0. The number of carbonyl (C=O) groups excluding carboxylic acids is 1. The second-order valence-corrected chi connectivity index (χ2v) is 4.13. The quantitative estimate of drug-likeness (QED) is 0.560. The Kier molecular flexibility index (Phi) is 4.41. The van der Waals surface area contributed by atoms with Crippen LogP contribution >= 0.6 is 0 Å². The Hall–Kier alpha value is -1.92. The Bertz CT molecular complexity index is 431. The Morgan fingerprint density at radius 3 is 2.44 bits per heavy atom. The summed E-state index contributed by atoms with van der Waals surface area (Å²) < 4.78 is 0. The lowest BCUT2D eigenvalue weighted by molar-refractivity contribution is -0.146. The van der Waals surface area contributed by atoms with Crippen molar-refractivity contribution in [3.05, 3.63) is 35.9 Å². The molecule has 6 nitrogen and oxygen atoms in total. The SMILES string of the molecule is CC(N)(C(=O)NCC(O)C(=O)O)c1ccccc1. The smallest absolute Gasteiger partial charge is 0.334 e. The average molecular weight is 252 g/mol. The molecule has 0 saturated heterocycles. The molecule has 0 radical (unpaired) electrons. The third-order valence-electron chi connectivity index (χ3n) is 2.59. The maximum atomic E-state index is 11.9. The van der Waals surface area contributed by atoms with Gasteiger partial charge in [0.25, 0.3) is 0 Å². The molecule has 0 saturated carbocycles. The van der Waals surface area contributed by atoms with E-state index in [-0.39, 0.29) is 6.54 Å². The summed E-state index contributed by atoms with van der Waals surface area (Å²) in [6.45, 7) is 1.14. The van der Waals surface area contributed by atoms with Crippen molar-refractivity contribution in [2.45, 2.75) is 18.6 Å². The second kappa shape index (κ2) is 5.61. The third kappa shape index (κ3) is 3.28. The number of amides is 1. The first-order valence-electron chi connectivity index (χ1n) is 5.39. The van der Waals surface area contributed by atoms with Gasteiger partial charge in [0.05, 0.1) is 6.54 Å². The van der Waals surface area contributed by atoms with Crippen molar-refractivity contribution in [3.8, 4) is 0 Å². The van der Waals surface area contributed by atoms with Crippen LogP contribution in [0.1, 0.15) is 12.5 Å². The van der Waals surface area contributed by atoms with Crippen LogP contribution in [-0.2, 0) is 15.1 Å². The zero-order chi connectivity index (χ0) is 13.8. The number of nitrogens with one attached hydrogen (secondary N) is 1. The Balaban J connectivity index is 2.69. The van der Waals surface area contributed by atoms with Gasteiger partial charge in [-0.3, -0.25) is 4.79 Å². The highest BCUT2D eigenvalue weighted by Gasteiger charge is 2.30. The van der Waals surface area contributed by atoms with Gasteiger partial charge in [-0.15, -0.1) is 0 Å². The van der Waals surface area contributed by atoms with Gasteiger partial charge in [0, 0.05) is 0 Å². The fourth-order valence-electron chi connectivity index (χ4n) is 1.38. The molecule has 2 atom stereocenters. The van der Waals surface area contributed by atoms with Crippen LogP contribution in [-0.4, -0.2) is 34.7 Å². The minimum atomic E-state index is -1.64. The van der Waals surface area contributed by atoms with E-state index in [1.165, 1.54) is 6.92 Å². The monoisotopic (exact) mass is 252 g/mol. The molecule has 98 valence electrons. The summed E-state index contributed by atoms with van der Waals surface area (Å²) in [5, 5.41) is 19.8. The van der Waals surface area contributed by atoms with Crippen LogP contribution in [0, 0.1) is 0 Å². The molecule has 0 spiro atoms. The first kappa shape index (κ1) is 14.1. The molecule has 0 aliphatic rings. The standard InChI is InChI=1S/C12H16N2O4/c1-12(13,8-5-3-2-4-6-8)11(18)14-7-9(15)10(16)17/h2-6,9,15H,7,13H2,1H3,(H,14,18)(H,16,17). The first-order chi connectivity index (χ1) is 8.35. The van der Waals surface area contributed by atoms with E-state index in [2.05, 4.69) is 5.32 Å². The van der Waals surface area contributed by atoms with Crippen molar-refractivity contribution in [1.82, 2.24) is 5.32 Å². The molecule has 0 bridgehead atoms. The van der Waals surface area contributed by atoms with E-state index in [1.54, 1.807) is 30.3 Å². The molecule has 1 rings (SSSR count). The fourth-order valence-corrected chi connectivity index (χ4v) is 1.38. The zero-order valence-electron chi connectivity index (χ0n) is 9.96. The van der Waals surface area contributed by atoms with E-state index in [1.807, 2.05) is 0 Å². The number of carboxylic acids is 1. The predicted octanol–water partition coefficient (Wildman–Crippen LogP) is -0.578. The third-order valence-corrected chi connectivity index (χ3v) is 2.59. The maximum Gasteiger partial charge on any atom is 0.334 e. The predicted molar refractivity (Wildman–Crippen MR) is 64.6 cm³/mol. The van der Waals surface area contributed by atoms with Crippen molar-refractivity contribution < 1.29 is 19.8 Å². The molecule has 5 N–H and O–H groups in total. The molecular weight excluding hydrogens is 236 g/mol. The molecule has 0 aliphatic carbocycles. The second-order valence-electron chi connectivity index (χ2n) is 4.13. The fraction of sp³-hybridized carbons (Fsp3) is 0.333. The Labute approximate surface area is 104 Å². The van der Waals surface area contributed by atoms with Gasteiger partial charge in [0.15, 0.2) is 6.10 Å². The highest BCUT2D eigenvalue weighted by molar-refractivity contribution is 5.87. The van der Waals surface area contributed by atoms with Crippen LogP contribution in [0.2, 0.25) is 0 Å². The lowest BCUT2D eigenvalue weighted by Crippen LogP contribution is -2.51. The molecule has 1 amide bonds. The van der Waals surface area contributed by atoms with Gasteiger partial charge in [-0.05, 0) is 12.5 Å². The highest BCUT2D eigenvalue weighted by atomic mass is 16.4. The number of aliphatic carboxylic acids is 1. The van der Waals surface area contributed by atoms with Gasteiger partial charge in [-0.25, -0.2) is 4.79 Å². The summed E-state index contributed by atoms with van der Waals surface area (Å²) in [6.07, 6.45) is -1.64.